The summed E-state index contributed by atoms with van der Waals surface area (Å²) in [5.41, 5.74) is 1.22. The largest absolute Gasteiger partial charge is 0.482 e. The molecule has 4 rings (SSSR count). The fourth-order valence-electron chi connectivity index (χ4n) is 3.35. The van der Waals surface area contributed by atoms with Crippen LogP contribution >= 0.6 is 0 Å². The number of hydrogen-bond donors (Lipinski definition) is 0. The van der Waals surface area contributed by atoms with Crippen molar-refractivity contribution in [1.82, 2.24) is 19.7 Å². The molecule has 1 saturated heterocycles. The molecule has 2 aromatic rings. The van der Waals surface area contributed by atoms with Crippen LogP contribution in [0.2, 0.25) is 0 Å². The summed E-state index contributed by atoms with van der Waals surface area (Å²) in [6, 6.07) is 5.59. The fraction of sp³-hybridized carbons (Fsp3) is 0.412. The monoisotopic (exact) mass is 341 g/mol. The zero-order chi connectivity index (χ0) is 17.4. The molecule has 2 amide bonds. The first-order chi connectivity index (χ1) is 12.1. The standard InChI is InChI=1S/C17H19N5O3/c1-20-14-8-12(2-3-15(14)25-9-16(20)23)17(24)21-6-4-13(5-7-21)22-10-18-19-11-22/h2-3,8,10-11,13H,4-7,9H2,1H3. The first kappa shape index (κ1) is 15.6. The number of likely N-dealkylation sites (tertiary alicyclic amines) is 1. The highest BCUT2D eigenvalue weighted by molar-refractivity contribution is 6.01. The van der Waals surface area contributed by atoms with E-state index < -0.39 is 0 Å². The van der Waals surface area contributed by atoms with Crippen LogP contribution < -0.4 is 9.64 Å². The highest BCUT2D eigenvalue weighted by Gasteiger charge is 2.27. The first-order valence-electron chi connectivity index (χ1n) is 8.30. The number of rotatable bonds is 2. The zero-order valence-corrected chi connectivity index (χ0v) is 14.0. The molecular weight excluding hydrogens is 322 g/mol. The Kier molecular flexibility index (Phi) is 3.87. The highest BCUT2D eigenvalue weighted by atomic mass is 16.5. The number of amides is 2. The van der Waals surface area contributed by atoms with E-state index in [9.17, 15) is 9.59 Å². The van der Waals surface area contributed by atoms with Gasteiger partial charge in [-0.15, -0.1) is 10.2 Å². The Bertz CT molecular complexity index is 797. The van der Waals surface area contributed by atoms with Crippen LogP contribution in [-0.4, -0.2) is 58.2 Å². The van der Waals surface area contributed by atoms with E-state index >= 15 is 0 Å². The van der Waals surface area contributed by atoms with E-state index in [1.165, 1.54) is 4.90 Å². The number of carbonyl (C=O) groups is 2. The number of aromatic nitrogens is 3. The second-order valence-corrected chi connectivity index (χ2v) is 6.36. The molecular formula is C17H19N5O3. The summed E-state index contributed by atoms with van der Waals surface area (Å²) in [5.74, 6) is 0.494. The van der Waals surface area contributed by atoms with Crippen molar-refractivity contribution in [2.24, 2.45) is 0 Å². The van der Waals surface area contributed by atoms with E-state index in [0.717, 1.165) is 12.8 Å². The topological polar surface area (TPSA) is 80.6 Å². The second kappa shape index (κ2) is 6.19. The van der Waals surface area contributed by atoms with Crippen LogP contribution in [0.1, 0.15) is 29.2 Å². The Hall–Kier alpha value is -2.90. The molecule has 0 bridgehead atoms. The van der Waals surface area contributed by atoms with Gasteiger partial charge in [0, 0.05) is 31.7 Å². The molecule has 0 saturated carbocycles. The minimum atomic E-state index is -0.119. The van der Waals surface area contributed by atoms with E-state index in [2.05, 4.69) is 10.2 Å². The molecule has 0 unspecified atom stereocenters. The van der Waals surface area contributed by atoms with Crippen LogP contribution in [0.3, 0.4) is 0 Å². The van der Waals surface area contributed by atoms with Gasteiger partial charge in [-0.1, -0.05) is 0 Å². The normalized spacial score (nSPS) is 18.0. The van der Waals surface area contributed by atoms with Crippen LogP contribution in [-0.2, 0) is 4.79 Å². The van der Waals surface area contributed by atoms with Gasteiger partial charge in [0.25, 0.3) is 11.8 Å². The zero-order valence-electron chi connectivity index (χ0n) is 14.0. The number of ether oxygens (including phenoxy) is 1. The van der Waals surface area contributed by atoms with Crippen molar-refractivity contribution in [2.75, 3.05) is 31.6 Å². The van der Waals surface area contributed by atoms with Crippen molar-refractivity contribution in [3.05, 3.63) is 36.4 Å². The summed E-state index contributed by atoms with van der Waals surface area (Å²) in [6.45, 7) is 1.40. The number of likely N-dealkylation sites (N-methyl/N-ethyl adjacent to an activating group) is 1. The third-order valence-corrected chi connectivity index (χ3v) is 4.90. The van der Waals surface area contributed by atoms with Crippen molar-refractivity contribution >= 4 is 17.5 Å². The van der Waals surface area contributed by atoms with Gasteiger partial charge >= 0.3 is 0 Å². The van der Waals surface area contributed by atoms with Crippen molar-refractivity contribution in [1.29, 1.82) is 0 Å². The van der Waals surface area contributed by atoms with Crippen molar-refractivity contribution in [2.45, 2.75) is 18.9 Å². The molecule has 0 atom stereocenters. The third-order valence-electron chi connectivity index (χ3n) is 4.90. The molecule has 0 radical (unpaired) electrons. The lowest BCUT2D eigenvalue weighted by Gasteiger charge is -2.33. The van der Waals surface area contributed by atoms with Gasteiger partial charge in [-0.25, -0.2) is 0 Å². The summed E-state index contributed by atoms with van der Waals surface area (Å²) >= 11 is 0. The van der Waals surface area contributed by atoms with E-state index in [1.54, 1.807) is 37.9 Å². The Labute approximate surface area is 145 Å². The predicted octanol–water partition coefficient (Wildman–Crippen LogP) is 1.11. The number of piperidine rings is 1. The lowest BCUT2D eigenvalue weighted by atomic mass is 10.0. The van der Waals surface area contributed by atoms with Crippen LogP contribution in [0.4, 0.5) is 5.69 Å². The van der Waals surface area contributed by atoms with Gasteiger partial charge in [0.15, 0.2) is 6.61 Å². The third kappa shape index (κ3) is 2.84. The SMILES string of the molecule is CN1C(=O)COc2ccc(C(=O)N3CCC(n4cnnc4)CC3)cc21. The van der Waals surface area contributed by atoms with Gasteiger partial charge in [-0.05, 0) is 31.0 Å². The molecule has 1 aromatic heterocycles. The molecule has 3 heterocycles. The molecule has 1 aromatic carbocycles. The fourth-order valence-corrected chi connectivity index (χ4v) is 3.35. The van der Waals surface area contributed by atoms with Gasteiger partial charge in [0.2, 0.25) is 0 Å². The van der Waals surface area contributed by atoms with Gasteiger partial charge in [0.1, 0.15) is 18.4 Å². The Morgan fingerprint density at radius 2 is 1.92 bits per heavy atom. The quantitative estimate of drug-likeness (QED) is 0.817. The lowest BCUT2D eigenvalue weighted by molar-refractivity contribution is -0.120. The molecule has 0 N–H and O–H groups in total. The summed E-state index contributed by atoms with van der Waals surface area (Å²) in [6.07, 6.45) is 5.18. The minimum Gasteiger partial charge on any atom is -0.482 e. The maximum atomic E-state index is 12.8. The van der Waals surface area contributed by atoms with Gasteiger partial charge < -0.3 is 19.1 Å². The van der Waals surface area contributed by atoms with Crippen LogP contribution in [0, 0.1) is 0 Å². The average molecular weight is 341 g/mol. The maximum Gasteiger partial charge on any atom is 0.264 e. The van der Waals surface area contributed by atoms with E-state index in [1.807, 2.05) is 9.47 Å². The Balaban J connectivity index is 1.48. The molecule has 0 aliphatic carbocycles. The van der Waals surface area contributed by atoms with E-state index in [-0.39, 0.29) is 18.4 Å². The van der Waals surface area contributed by atoms with Crippen LogP contribution in [0.25, 0.3) is 0 Å². The Morgan fingerprint density at radius 1 is 1.20 bits per heavy atom. The summed E-state index contributed by atoms with van der Waals surface area (Å²) < 4.78 is 7.41. The molecule has 0 spiro atoms. The molecule has 130 valence electrons. The predicted molar refractivity (Wildman–Crippen MR) is 89.5 cm³/mol. The Morgan fingerprint density at radius 3 is 2.64 bits per heavy atom. The number of hydrogen-bond acceptors (Lipinski definition) is 5. The molecule has 1 fully saturated rings. The van der Waals surface area contributed by atoms with Crippen LogP contribution in [0.5, 0.6) is 5.75 Å². The van der Waals surface area contributed by atoms with Gasteiger partial charge in [0.05, 0.1) is 5.69 Å². The van der Waals surface area contributed by atoms with Crippen molar-refractivity contribution in [3.63, 3.8) is 0 Å². The first-order valence-corrected chi connectivity index (χ1v) is 8.30. The number of carbonyl (C=O) groups excluding carboxylic acids is 2. The second-order valence-electron chi connectivity index (χ2n) is 6.36. The van der Waals surface area contributed by atoms with Crippen molar-refractivity contribution < 1.29 is 14.3 Å². The van der Waals surface area contributed by atoms with E-state index in [0.29, 0.717) is 36.1 Å². The number of benzene rings is 1. The number of nitrogens with zero attached hydrogens (tertiary/aromatic N) is 5. The lowest BCUT2D eigenvalue weighted by Crippen LogP contribution is -2.39. The van der Waals surface area contributed by atoms with Gasteiger partial charge in [-0.2, -0.15) is 0 Å². The summed E-state index contributed by atoms with van der Waals surface area (Å²) in [5, 5.41) is 7.68. The molecule has 25 heavy (non-hydrogen) atoms. The maximum absolute atomic E-state index is 12.8. The number of fused-ring (bicyclic) bond motifs is 1. The molecule has 2 aliphatic heterocycles. The summed E-state index contributed by atoms with van der Waals surface area (Å²) in [7, 11) is 1.70. The highest BCUT2D eigenvalue weighted by Crippen LogP contribution is 2.32. The van der Waals surface area contributed by atoms with Gasteiger partial charge in [-0.3, -0.25) is 9.59 Å². The minimum absolute atomic E-state index is 0.0172. The van der Waals surface area contributed by atoms with Crippen LogP contribution in [0.15, 0.2) is 30.9 Å². The molecule has 8 nitrogen and oxygen atoms in total. The smallest absolute Gasteiger partial charge is 0.264 e. The van der Waals surface area contributed by atoms with Crippen molar-refractivity contribution in [3.8, 4) is 5.75 Å². The average Bonchev–Trinajstić information content (AvgIpc) is 3.19. The molecule has 8 heteroatoms. The van der Waals surface area contributed by atoms with E-state index in [4.69, 9.17) is 4.74 Å². The summed E-state index contributed by atoms with van der Waals surface area (Å²) in [4.78, 5) is 28.0. The number of anilines is 1. The molecule has 2 aliphatic rings.